The molecule has 0 heterocycles. The maximum Gasteiger partial charge on any atom is 0.319 e. The van der Waals surface area contributed by atoms with Gasteiger partial charge in [0.1, 0.15) is 0 Å². The highest BCUT2D eigenvalue weighted by Gasteiger charge is 2.13. The Labute approximate surface area is 128 Å². The minimum absolute atomic E-state index is 0.0536. The summed E-state index contributed by atoms with van der Waals surface area (Å²) >= 11 is 3.18. The van der Waals surface area contributed by atoms with Gasteiger partial charge in [-0.25, -0.2) is 4.79 Å². The van der Waals surface area contributed by atoms with Crippen LogP contribution in [0.5, 0.6) is 0 Å². The van der Waals surface area contributed by atoms with Crippen LogP contribution in [-0.2, 0) is 4.79 Å². The van der Waals surface area contributed by atoms with E-state index in [2.05, 4.69) is 26.6 Å². The summed E-state index contributed by atoms with van der Waals surface area (Å²) in [6.07, 6.45) is 0.237. The molecule has 0 saturated carbocycles. The van der Waals surface area contributed by atoms with Crippen LogP contribution in [0.15, 0.2) is 22.7 Å². The van der Waals surface area contributed by atoms with E-state index in [1.165, 1.54) is 18.2 Å². The van der Waals surface area contributed by atoms with Crippen LogP contribution in [0.4, 0.5) is 16.2 Å². The van der Waals surface area contributed by atoms with E-state index in [0.29, 0.717) is 10.9 Å². The zero-order valence-electron chi connectivity index (χ0n) is 11.1. The van der Waals surface area contributed by atoms with Gasteiger partial charge in [-0.05, 0) is 35.3 Å². The van der Waals surface area contributed by atoms with Crippen molar-refractivity contribution in [3.63, 3.8) is 0 Å². The van der Waals surface area contributed by atoms with Crippen LogP contribution in [-0.4, -0.2) is 28.1 Å². The molecule has 1 aromatic carbocycles. The first kappa shape index (κ1) is 16.9. The molecule has 0 radical (unpaired) electrons. The van der Waals surface area contributed by atoms with E-state index >= 15 is 0 Å². The predicted octanol–water partition coefficient (Wildman–Crippen LogP) is 2.73. The molecule has 1 atom stereocenters. The van der Waals surface area contributed by atoms with Gasteiger partial charge in [-0.2, -0.15) is 0 Å². The van der Waals surface area contributed by atoms with Gasteiger partial charge in [0, 0.05) is 29.1 Å². The number of carboxylic acid groups (broad SMARTS) is 1. The van der Waals surface area contributed by atoms with Gasteiger partial charge in [-0.3, -0.25) is 14.9 Å². The first-order valence-electron chi connectivity index (χ1n) is 6.03. The third kappa shape index (κ3) is 5.78. The first-order valence-corrected chi connectivity index (χ1v) is 6.82. The minimum Gasteiger partial charge on any atom is -0.481 e. The number of amides is 2. The van der Waals surface area contributed by atoms with Crippen molar-refractivity contribution in [2.45, 2.75) is 25.8 Å². The number of urea groups is 1. The van der Waals surface area contributed by atoms with Crippen LogP contribution < -0.4 is 10.6 Å². The molecule has 0 aliphatic carbocycles. The highest BCUT2D eigenvalue weighted by Crippen LogP contribution is 2.26. The highest BCUT2D eigenvalue weighted by molar-refractivity contribution is 9.10. The Kier molecular flexibility index (Phi) is 6.10. The molecule has 3 N–H and O–H groups in total. The molecule has 0 aliphatic rings. The van der Waals surface area contributed by atoms with Crippen LogP contribution in [0.3, 0.4) is 0 Å². The van der Waals surface area contributed by atoms with Gasteiger partial charge in [0.25, 0.3) is 5.69 Å². The molecular weight excluding hydrogens is 346 g/mol. The van der Waals surface area contributed by atoms with E-state index in [1.54, 1.807) is 6.92 Å². The summed E-state index contributed by atoms with van der Waals surface area (Å²) in [4.78, 5) is 32.3. The van der Waals surface area contributed by atoms with E-state index in [0.717, 1.165) is 0 Å². The molecular formula is C12H14BrN3O5. The number of non-ortho nitro benzene ring substituents is 1. The zero-order chi connectivity index (χ0) is 16.0. The summed E-state index contributed by atoms with van der Waals surface area (Å²) in [6.45, 7) is 1.67. The summed E-state index contributed by atoms with van der Waals surface area (Å²) in [5.41, 5.74) is 0.111. The Morgan fingerprint density at radius 1 is 1.48 bits per heavy atom. The SMILES string of the molecule is CC(CCC(=O)O)NC(=O)Nc1cc([N+](=O)[O-])ccc1Br. The van der Waals surface area contributed by atoms with Gasteiger partial charge < -0.3 is 15.7 Å². The third-order valence-corrected chi connectivity index (χ3v) is 3.27. The number of nitro benzene ring substituents is 1. The van der Waals surface area contributed by atoms with Crippen LogP contribution in [0.1, 0.15) is 19.8 Å². The number of nitro groups is 1. The Bertz CT molecular complexity index is 564. The highest BCUT2D eigenvalue weighted by atomic mass is 79.9. The Morgan fingerprint density at radius 3 is 2.71 bits per heavy atom. The lowest BCUT2D eigenvalue weighted by Gasteiger charge is -2.14. The normalized spacial score (nSPS) is 11.5. The maximum atomic E-state index is 11.7. The summed E-state index contributed by atoms with van der Waals surface area (Å²) in [7, 11) is 0. The number of anilines is 1. The Balaban J connectivity index is 2.64. The monoisotopic (exact) mass is 359 g/mol. The van der Waals surface area contributed by atoms with Crippen molar-refractivity contribution in [2.75, 3.05) is 5.32 Å². The first-order chi connectivity index (χ1) is 9.79. The fraction of sp³-hybridized carbons (Fsp3) is 0.333. The van der Waals surface area contributed by atoms with Gasteiger partial charge >= 0.3 is 12.0 Å². The standard InChI is InChI=1S/C12H14BrN3O5/c1-7(2-5-11(17)18)14-12(19)15-10-6-8(16(20)21)3-4-9(10)13/h3-4,6-7H,2,5H2,1H3,(H,17,18)(H2,14,15,19). The second kappa shape index (κ2) is 7.58. The molecule has 114 valence electrons. The van der Waals surface area contributed by atoms with Crippen LogP contribution >= 0.6 is 15.9 Å². The van der Waals surface area contributed by atoms with E-state index in [9.17, 15) is 19.7 Å². The lowest BCUT2D eigenvalue weighted by Crippen LogP contribution is -2.36. The Hall–Kier alpha value is -2.16. The molecule has 21 heavy (non-hydrogen) atoms. The molecule has 1 aromatic rings. The second-order valence-corrected chi connectivity index (χ2v) is 5.21. The quantitative estimate of drug-likeness (QED) is 0.532. The van der Waals surface area contributed by atoms with E-state index in [-0.39, 0.29) is 23.8 Å². The molecule has 0 fully saturated rings. The van der Waals surface area contributed by atoms with Gasteiger partial charge in [-0.15, -0.1) is 0 Å². The van der Waals surface area contributed by atoms with Gasteiger partial charge in [0.15, 0.2) is 0 Å². The molecule has 0 saturated heterocycles. The number of rotatable bonds is 6. The second-order valence-electron chi connectivity index (χ2n) is 4.35. The number of carbonyl (C=O) groups is 2. The zero-order valence-corrected chi connectivity index (χ0v) is 12.7. The molecule has 2 amide bonds. The van der Waals surface area contributed by atoms with E-state index in [4.69, 9.17) is 5.11 Å². The van der Waals surface area contributed by atoms with Crippen LogP contribution in [0, 0.1) is 10.1 Å². The fourth-order valence-corrected chi connectivity index (χ4v) is 1.86. The summed E-state index contributed by atoms with van der Waals surface area (Å²) < 4.78 is 0.501. The smallest absolute Gasteiger partial charge is 0.319 e. The lowest BCUT2D eigenvalue weighted by molar-refractivity contribution is -0.384. The number of halogens is 1. The molecule has 1 rings (SSSR count). The summed E-state index contributed by atoms with van der Waals surface area (Å²) in [6, 6.07) is 3.10. The molecule has 1 unspecified atom stereocenters. The number of carbonyl (C=O) groups excluding carboxylic acids is 1. The molecule has 8 nitrogen and oxygen atoms in total. The number of benzene rings is 1. The number of aliphatic carboxylic acids is 1. The maximum absolute atomic E-state index is 11.7. The number of hydrogen-bond donors (Lipinski definition) is 3. The fourth-order valence-electron chi connectivity index (χ4n) is 1.52. The van der Waals surface area contributed by atoms with Crippen molar-refractivity contribution < 1.29 is 19.6 Å². The topological polar surface area (TPSA) is 122 Å². The molecule has 9 heteroatoms. The Morgan fingerprint density at radius 2 is 2.14 bits per heavy atom. The lowest BCUT2D eigenvalue weighted by atomic mass is 10.2. The minimum atomic E-state index is -0.939. The number of nitrogens with one attached hydrogen (secondary N) is 2. The molecule has 0 spiro atoms. The third-order valence-electron chi connectivity index (χ3n) is 2.58. The van der Waals surface area contributed by atoms with Crippen molar-refractivity contribution in [2.24, 2.45) is 0 Å². The van der Waals surface area contributed by atoms with Crippen LogP contribution in [0.25, 0.3) is 0 Å². The van der Waals surface area contributed by atoms with Gasteiger partial charge in [0.05, 0.1) is 10.6 Å². The average molecular weight is 360 g/mol. The molecule has 0 bridgehead atoms. The van der Waals surface area contributed by atoms with Crippen molar-refractivity contribution >= 4 is 39.3 Å². The summed E-state index contributed by atoms with van der Waals surface area (Å²) in [5.74, 6) is -0.939. The van der Waals surface area contributed by atoms with Crippen molar-refractivity contribution in [3.8, 4) is 0 Å². The van der Waals surface area contributed by atoms with Crippen molar-refractivity contribution in [1.82, 2.24) is 5.32 Å². The van der Waals surface area contributed by atoms with E-state index < -0.39 is 16.9 Å². The van der Waals surface area contributed by atoms with Gasteiger partial charge in [-0.1, -0.05) is 0 Å². The average Bonchev–Trinajstić information content (AvgIpc) is 2.38. The number of carboxylic acids is 1. The number of nitrogens with zero attached hydrogens (tertiary/aromatic N) is 1. The van der Waals surface area contributed by atoms with Crippen molar-refractivity contribution in [1.29, 1.82) is 0 Å². The summed E-state index contributed by atoms with van der Waals surface area (Å²) in [5, 5.41) is 24.3. The molecule has 0 aromatic heterocycles. The van der Waals surface area contributed by atoms with Crippen LogP contribution in [0.2, 0.25) is 0 Å². The number of hydrogen-bond acceptors (Lipinski definition) is 4. The van der Waals surface area contributed by atoms with Crippen molar-refractivity contribution in [3.05, 3.63) is 32.8 Å². The largest absolute Gasteiger partial charge is 0.481 e. The van der Waals surface area contributed by atoms with Gasteiger partial charge in [0.2, 0.25) is 0 Å². The molecule has 0 aliphatic heterocycles. The van der Waals surface area contributed by atoms with E-state index in [1.807, 2.05) is 0 Å². The predicted molar refractivity (Wildman–Crippen MR) is 79.3 cm³/mol.